The number of hydrogen-bond donors (Lipinski definition) is 0. The van der Waals surface area contributed by atoms with Gasteiger partial charge in [-0.1, -0.05) is 91.0 Å². The number of carbonyl (C=O) groups is 2. The minimum absolute atomic E-state index is 0.0355. The molecule has 3 aromatic carbocycles. The molecule has 4 nitrogen and oxygen atoms in total. The van der Waals surface area contributed by atoms with Crippen LogP contribution in [0.2, 0.25) is 0 Å². The van der Waals surface area contributed by atoms with E-state index in [0.29, 0.717) is 18.6 Å². The summed E-state index contributed by atoms with van der Waals surface area (Å²) in [5.41, 5.74) is 0.351. The smallest absolute Gasteiger partial charge is 0.380 e. The van der Waals surface area contributed by atoms with Crippen LogP contribution in [0.15, 0.2) is 96.2 Å². The Balaban J connectivity index is 1.89. The van der Waals surface area contributed by atoms with E-state index >= 15 is 0 Å². The van der Waals surface area contributed by atoms with Gasteiger partial charge >= 0.3 is 8.32 Å². The lowest BCUT2D eigenvalue weighted by Gasteiger charge is -2.30. The zero-order valence-corrected chi connectivity index (χ0v) is 17.0. The lowest BCUT2D eigenvalue weighted by Crippen LogP contribution is -2.68. The summed E-state index contributed by atoms with van der Waals surface area (Å²) < 4.78 is 6.43. The first-order chi connectivity index (χ1) is 14.2. The van der Waals surface area contributed by atoms with Gasteiger partial charge in [0.2, 0.25) is 0 Å². The Kier molecular flexibility index (Phi) is 5.49. The molecule has 1 saturated carbocycles. The predicted molar refractivity (Wildman–Crippen MR) is 116 cm³/mol. The monoisotopic (exact) mass is 399 g/mol. The highest BCUT2D eigenvalue weighted by atomic mass is 28.4. The van der Waals surface area contributed by atoms with E-state index in [4.69, 9.17) is 4.53 Å². The fourth-order valence-corrected chi connectivity index (χ4v) is 7.21. The second-order valence-electron chi connectivity index (χ2n) is 7.05. The van der Waals surface area contributed by atoms with Gasteiger partial charge in [0.25, 0.3) is 0 Å². The summed E-state index contributed by atoms with van der Waals surface area (Å²) in [5.74, 6) is -0.273. The molecule has 4 rings (SSSR count). The number of ketones is 2. The third-order valence-electron chi connectivity index (χ3n) is 5.15. The van der Waals surface area contributed by atoms with Crippen LogP contribution < -0.4 is 15.6 Å². The van der Waals surface area contributed by atoms with Crippen LogP contribution in [-0.4, -0.2) is 25.6 Å². The van der Waals surface area contributed by atoms with Crippen molar-refractivity contribution in [2.45, 2.75) is 19.3 Å². The number of oxime groups is 1. The minimum atomic E-state index is -2.98. The van der Waals surface area contributed by atoms with Crippen LogP contribution >= 0.6 is 0 Å². The molecule has 0 heterocycles. The maximum Gasteiger partial charge on any atom is 0.380 e. The Bertz CT molecular complexity index is 937. The fraction of sp³-hybridized carbons (Fsp3) is 0.125. The Hall–Kier alpha value is -3.31. The summed E-state index contributed by atoms with van der Waals surface area (Å²) in [4.78, 5) is 23.9. The third kappa shape index (κ3) is 3.82. The Labute approximate surface area is 171 Å². The van der Waals surface area contributed by atoms with Crippen molar-refractivity contribution in [2.24, 2.45) is 5.16 Å². The van der Waals surface area contributed by atoms with Gasteiger partial charge in [0.1, 0.15) is 11.5 Å². The number of nitrogens with zero attached hydrogens (tertiary/aromatic N) is 1. The van der Waals surface area contributed by atoms with Crippen molar-refractivity contribution in [3.63, 3.8) is 0 Å². The van der Waals surface area contributed by atoms with E-state index in [1.807, 2.05) is 54.6 Å². The van der Waals surface area contributed by atoms with Gasteiger partial charge in [-0.25, -0.2) is 0 Å². The molecule has 0 atom stereocenters. The van der Waals surface area contributed by atoms with E-state index in [9.17, 15) is 9.59 Å². The van der Waals surface area contributed by atoms with E-state index in [-0.39, 0.29) is 18.0 Å². The summed E-state index contributed by atoms with van der Waals surface area (Å²) in [6, 6.07) is 30.2. The molecule has 0 spiro atoms. The van der Waals surface area contributed by atoms with Gasteiger partial charge in [0.15, 0.2) is 5.78 Å². The molecule has 0 N–H and O–H groups in total. The van der Waals surface area contributed by atoms with Crippen molar-refractivity contribution in [3.05, 3.63) is 91.0 Å². The molecule has 0 bridgehead atoms. The lowest BCUT2D eigenvalue weighted by molar-refractivity contribution is -0.125. The SMILES string of the molecule is O=C1CC/C(=N/O[Si](c2ccccc2)(c2ccccc2)c2ccccc2)C(=O)C1. The highest BCUT2D eigenvalue weighted by Gasteiger charge is 2.45. The summed E-state index contributed by atoms with van der Waals surface area (Å²) >= 11 is 0. The van der Waals surface area contributed by atoms with Gasteiger partial charge in [-0.05, 0) is 15.6 Å². The molecule has 0 unspecified atom stereocenters. The van der Waals surface area contributed by atoms with Crippen molar-refractivity contribution in [3.8, 4) is 0 Å². The van der Waals surface area contributed by atoms with E-state index in [0.717, 1.165) is 15.6 Å². The molecule has 0 saturated heterocycles. The van der Waals surface area contributed by atoms with Crippen LogP contribution in [0.4, 0.5) is 0 Å². The molecule has 29 heavy (non-hydrogen) atoms. The number of benzene rings is 3. The zero-order valence-electron chi connectivity index (χ0n) is 16.0. The van der Waals surface area contributed by atoms with Crippen LogP contribution in [0.25, 0.3) is 0 Å². The van der Waals surface area contributed by atoms with Crippen LogP contribution in [-0.2, 0) is 14.1 Å². The van der Waals surface area contributed by atoms with Crippen molar-refractivity contribution in [1.82, 2.24) is 0 Å². The standard InChI is InChI=1S/C24H21NO3Si/c26-19-16-17-23(24(27)18-19)25-28-29(20-10-4-1-5-11-20,21-12-6-2-7-13-21)22-14-8-3-9-15-22/h1-15H,16-18H2/b25-23-. The van der Waals surface area contributed by atoms with E-state index in [1.165, 1.54) is 0 Å². The Morgan fingerprint density at radius 2 is 1.10 bits per heavy atom. The first kappa shape index (κ1) is 19.0. The van der Waals surface area contributed by atoms with E-state index < -0.39 is 8.32 Å². The molecule has 144 valence electrons. The minimum Gasteiger partial charge on any atom is -0.438 e. The maximum absolute atomic E-state index is 12.3. The summed E-state index contributed by atoms with van der Waals surface area (Å²) in [5, 5.41) is 7.50. The maximum atomic E-state index is 12.3. The van der Waals surface area contributed by atoms with Crippen molar-refractivity contribution in [2.75, 3.05) is 0 Å². The fourth-order valence-electron chi connectivity index (χ4n) is 3.66. The van der Waals surface area contributed by atoms with Gasteiger partial charge in [-0.15, -0.1) is 5.16 Å². The van der Waals surface area contributed by atoms with Gasteiger partial charge in [0, 0.05) is 12.8 Å². The van der Waals surface area contributed by atoms with Gasteiger partial charge < -0.3 is 4.53 Å². The molecule has 3 aromatic rings. The summed E-state index contributed by atoms with van der Waals surface area (Å²) in [6.45, 7) is 0. The molecule has 1 fully saturated rings. The predicted octanol–water partition coefficient (Wildman–Crippen LogP) is 2.35. The zero-order chi connectivity index (χ0) is 20.1. The molecule has 0 amide bonds. The highest BCUT2D eigenvalue weighted by molar-refractivity contribution is 7.07. The second-order valence-corrected chi connectivity index (χ2v) is 10.3. The molecule has 0 radical (unpaired) electrons. The molecule has 5 heteroatoms. The van der Waals surface area contributed by atoms with Gasteiger partial charge in [-0.2, -0.15) is 0 Å². The van der Waals surface area contributed by atoms with Crippen molar-refractivity contribution >= 4 is 41.2 Å². The Morgan fingerprint density at radius 3 is 1.52 bits per heavy atom. The number of carbonyl (C=O) groups excluding carboxylic acids is 2. The van der Waals surface area contributed by atoms with Crippen molar-refractivity contribution in [1.29, 1.82) is 0 Å². The largest absolute Gasteiger partial charge is 0.438 e. The number of hydrogen-bond acceptors (Lipinski definition) is 4. The third-order valence-corrected chi connectivity index (χ3v) is 8.96. The normalized spacial score (nSPS) is 16.1. The molecule has 0 aromatic heterocycles. The number of rotatable bonds is 5. The molecule has 1 aliphatic rings. The highest BCUT2D eigenvalue weighted by Crippen LogP contribution is 2.14. The first-order valence-corrected chi connectivity index (χ1v) is 11.6. The summed E-state index contributed by atoms with van der Waals surface area (Å²) in [6.07, 6.45) is 0.587. The topological polar surface area (TPSA) is 55.7 Å². The molecular formula is C24H21NO3Si. The van der Waals surface area contributed by atoms with Crippen LogP contribution in [0.5, 0.6) is 0 Å². The molecule has 0 aliphatic heterocycles. The molecule has 1 aliphatic carbocycles. The molecular weight excluding hydrogens is 378 g/mol. The second kappa shape index (κ2) is 8.37. The number of Topliss-reactive ketones (excluding diaryl/α,β-unsaturated/α-hetero) is 2. The summed E-state index contributed by atoms with van der Waals surface area (Å²) in [7, 11) is -2.98. The van der Waals surface area contributed by atoms with Crippen molar-refractivity contribution < 1.29 is 14.1 Å². The first-order valence-electron chi connectivity index (χ1n) is 9.66. The van der Waals surface area contributed by atoms with Crippen LogP contribution in [0.3, 0.4) is 0 Å². The van der Waals surface area contributed by atoms with Gasteiger partial charge in [-0.3, -0.25) is 9.59 Å². The van der Waals surface area contributed by atoms with Gasteiger partial charge in [0.05, 0.1) is 6.42 Å². The average Bonchev–Trinajstić information content (AvgIpc) is 2.78. The van der Waals surface area contributed by atoms with E-state index in [1.54, 1.807) is 0 Å². The van der Waals surface area contributed by atoms with Crippen LogP contribution in [0, 0.1) is 0 Å². The Morgan fingerprint density at radius 1 is 0.655 bits per heavy atom. The van der Waals surface area contributed by atoms with E-state index in [2.05, 4.69) is 41.6 Å². The quantitative estimate of drug-likeness (QED) is 0.286. The average molecular weight is 400 g/mol. The lowest BCUT2D eigenvalue weighted by atomic mass is 9.96. The van der Waals surface area contributed by atoms with Crippen LogP contribution in [0.1, 0.15) is 19.3 Å².